The van der Waals surface area contributed by atoms with Gasteiger partial charge in [-0.15, -0.1) is 0 Å². The minimum atomic E-state index is -0.457. The van der Waals surface area contributed by atoms with Crippen LogP contribution in [0.2, 0.25) is 5.02 Å². The van der Waals surface area contributed by atoms with Crippen LogP contribution in [0.15, 0.2) is 54.6 Å². The molecule has 2 aromatic rings. The minimum Gasteiger partial charge on any atom is -0.352 e. The van der Waals surface area contributed by atoms with Gasteiger partial charge < -0.3 is 15.5 Å². The average Bonchev–Trinajstić information content (AvgIpc) is 2.67. The summed E-state index contributed by atoms with van der Waals surface area (Å²) in [6, 6.07) is 16.8. The molecule has 0 atom stereocenters. The third-order valence-corrected chi connectivity index (χ3v) is 5.31. The SMILES string of the molecule is CC1(C(=O)NCc2ccccc2)CCN(C(=O)Nc2cccc(Cl)c2)CC1. The van der Waals surface area contributed by atoms with Crippen LogP contribution < -0.4 is 10.6 Å². The number of hydrogen-bond donors (Lipinski definition) is 2. The topological polar surface area (TPSA) is 61.4 Å². The van der Waals surface area contributed by atoms with E-state index < -0.39 is 5.41 Å². The van der Waals surface area contributed by atoms with Gasteiger partial charge in [0.15, 0.2) is 0 Å². The molecule has 1 saturated heterocycles. The van der Waals surface area contributed by atoms with Crippen LogP contribution in [0.25, 0.3) is 0 Å². The molecule has 1 aliphatic rings. The van der Waals surface area contributed by atoms with Crippen LogP contribution in [-0.4, -0.2) is 29.9 Å². The number of piperidine rings is 1. The van der Waals surface area contributed by atoms with Crippen LogP contribution in [0, 0.1) is 5.41 Å². The second-order valence-corrected chi connectivity index (χ2v) is 7.59. The van der Waals surface area contributed by atoms with Gasteiger partial charge in [-0.05, 0) is 36.6 Å². The van der Waals surface area contributed by atoms with Gasteiger partial charge in [0.25, 0.3) is 0 Å². The molecule has 27 heavy (non-hydrogen) atoms. The summed E-state index contributed by atoms with van der Waals surface area (Å²) in [5, 5.41) is 6.46. The van der Waals surface area contributed by atoms with Crippen molar-refractivity contribution in [2.24, 2.45) is 5.41 Å². The second-order valence-electron chi connectivity index (χ2n) is 7.16. The summed E-state index contributed by atoms with van der Waals surface area (Å²) in [6.07, 6.45) is 1.27. The Morgan fingerprint density at radius 1 is 1.07 bits per heavy atom. The predicted molar refractivity (Wildman–Crippen MR) is 108 cm³/mol. The molecule has 1 heterocycles. The van der Waals surface area contributed by atoms with Crippen LogP contribution in [0.4, 0.5) is 10.5 Å². The van der Waals surface area contributed by atoms with E-state index in [4.69, 9.17) is 11.6 Å². The first kappa shape index (κ1) is 19.2. The third kappa shape index (κ3) is 5.01. The third-order valence-electron chi connectivity index (χ3n) is 5.07. The average molecular weight is 386 g/mol. The number of likely N-dealkylation sites (tertiary alicyclic amines) is 1. The summed E-state index contributed by atoms with van der Waals surface area (Å²) in [5.74, 6) is 0.0428. The Balaban J connectivity index is 1.50. The van der Waals surface area contributed by atoms with Crippen LogP contribution in [0.3, 0.4) is 0 Å². The number of rotatable bonds is 4. The van der Waals surface area contributed by atoms with Crippen molar-refractivity contribution in [2.45, 2.75) is 26.3 Å². The molecule has 3 rings (SSSR count). The Labute approximate surface area is 164 Å². The molecular formula is C21H24ClN3O2. The van der Waals surface area contributed by atoms with Gasteiger partial charge in [-0.25, -0.2) is 4.79 Å². The van der Waals surface area contributed by atoms with Gasteiger partial charge in [0, 0.05) is 35.8 Å². The zero-order valence-electron chi connectivity index (χ0n) is 15.4. The highest BCUT2D eigenvalue weighted by Crippen LogP contribution is 2.31. The smallest absolute Gasteiger partial charge is 0.321 e. The van der Waals surface area contributed by atoms with E-state index in [1.807, 2.05) is 37.3 Å². The highest BCUT2D eigenvalue weighted by atomic mass is 35.5. The molecule has 0 unspecified atom stereocenters. The molecule has 6 heteroatoms. The fourth-order valence-electron chi connectivity index (χ4n) is 3.19. The number of nitrogens with zero attached hydrogens (tertiary/aromatic N) is 1. The predicted octanol–water partition coefficient (Wildman–Crippen LogP) is 4.29. The van der Waals surface area contributed by atoms with Crippen molar-refractivity contribution in [2.75, 3.05) is 18.4 Å². The van der Waals surface area contributed by atoms with E-state index >= 15 is 0 Å². The number of nitrogens with one attached hydrogen (secondary N) is 2. The summed E-state index contributed by atoms with van der Waals surface area (Å²) in [4.78, 5) is 26.8. The molecule has 0 aliphatic carbocycles. The monoisotopic (exact) mass is 385 g/mol. The van der Waals surface area contributed by atoms with Crippen LogP contribution in [-0.2, 0) is 11.3 Å². The van der Waals surface area contributed by atoms with Crippen molar-refractivity contribution in [1.82, 2.24) is 10.2 Å². The van der Waals surface area contributed by atoms with E-state index in [-0.39, 0.29) is 11.9 Å². The van der Waals surface area contributed by atoms with Gasteiger partial charge in [0.2, 0.25) is 5.91 Å². The van der Waals surface area contributed by atoms with Gasteiger partial charge in [-0.3, -0.25) is 4.79 Å². The van der Waals surface area contributed by atoms with Crippen molar-refractivity contribution in [3.63, 3.8) is 0 Å². The molecule has 0 spiro atoms. The summed E-state index contributed by atoms with van der Waals surface area (Å²) in [7, 11) is 0. The normalized spacial score (nSPS) is 15.9. The number of benzene rings is 2. The van der Waals surface area contributed by atoms with Gasteiger partial charge in [-0.1, -0.05) is 54.9 Å². The Morgan fingerprint density at radius 2 is 1.78 bits per heavy atom. The zero-order chi connectivity index (χ0) is 19.3. The van der Waals surface area contributed by atoms with Gasteiger partial charge in [-0.2, -0.15) is 0 Å². The van der Waals surface area contributed by atoms with E-state index in [1.165, 1.54) is 0 Å². The molecule has 0 aromatic heterocycles. The number of halogens is 1. The summed E-state index contributed by atoms with van der Waals surface area (Å²) < 4.78 is 0. The van der Waals surface area contributed by atoms with Gasteiger partial charge in [0.05, 0.1) is 0 Å². The van der Waals surface area contributed by atoms with Crippen LogP contribution in [0.1, 0.15) is 25.3 Å². The van der Waals surface area contributed by atoms with Crippen LogP contribution in [0.5, 0.6) is 0 Å². The first-order valence-electron chi connectivity index (χ1n) is 9.10. The second kappa shape index (κ2) is 8.44. The molecule has 142 valence electrons. The van der Waals surface area contributed by atoms with Gasteiger partial charge in [0.1, 0.15) is 0 Å². The fraction of sp³-hybridized carbons (Fsp3) is 0.333. The van der Waals surface area contributed by atoms with Crippen molar-refractivity contribution < 1.29 is 9.59 Å². The number of hydrogen-bond acceptors (Lipinski definition) is 2. The molecule has 1 aliphatic heterocycles. The molecule has 3 amide bonds. The quantitative estimate of drug-likeness (QED) is 0.824. The Morgan fingerprint density at radius 3 is 2.44 bits per heavy atom. The first-order valence-corrected chi connectivity index (χ1v) is 9.48. The minimum absolute atomic E-state index is 0.0428. The Hall–Kier alpha value is -2.53. The molecule has 0 bridgehead atoms. The maximum Gasteiger partial charge on any atom is 0.321 e. The lowest BCUT2D eigenvalue weighted by Gasteiger charge is -2.38. The highest BCUT2D eigenvalue weighted by Gasteiger charge is 2.37. The van der Waals surface area contributed by atoms with E-state index in [2.05, 4.69) is 10.6 Å². The fourth-order valence-corrected chi connectivity index (χ4v) is 3.38. The van der Waals surface area contributed by atoms with E-state index in [0.717, 1.165) is 5.56 Å². The molecule has 2 N–H and O–H groups in total. The molecule has 2 aromatic carbocycles. The van der Waals surface area contributed by atoms with Crippen LogP contribution >= 0.6 is 11.6 Å². The summed E-state index contributed by atoms with van der Waals surface area (Å²) in [5.41, 5.74) is 1.29. The van der Waals surface area contributed by atoms with E-state index in [0.29, 0.717) is 43.2 Å². The summed E-state index contributed by atoms with van der Waals surface area (Å²) in [6.45, 7) is 3.58. The number of anilines is 1. The molecule has 5 nitrogen and oxygen atoms in total. The Bertz CT molecular complexity index is 802. The lowest BCUT2D eigenvalue weighted by atomic mass is 9.79. The molecule has 0 saturated carbocycles. The highest BCUT2D eigenvalue weighted by molar-refractivity contribution is 6.30. The molecule has 0 radical (unpaired) electrons. The van der Waals surface area contributed by atoms with E-state index in [1.54, 1.807) is 29.2 Å². The van der Waals surface area contributed by atoms with Crippen molar-refractivity contribution >= 4 is 29.2 Å². The van der Waals surface area contributed by atoms with Crippen molar-refractivity contribution in [3.05, 3.63) is 65.2 Å². The zero-order valence-corrected chi connectivity index (χ0v) is 16.1. The lowest BCUT2D eigenvalue weighted by molar-refractivity contribution is -0.132. The largest absolute Gasteiger partial charge is 0.352 e. The maximum atomic E-state index is 12.7. The van der Waals surface area contributed by atoms with Gasteiger partial charge >= 0.3 is 6.03 Å². The first-order chi connectivity index (χ1) is 13.0. The standard InChI is InChI=1S/C21H24ClN3O2/c1-21(19(26)23-15-16-6-3-2-4-7-16)10-12-25(13-11-21)20(27)24-18-9-5-8-17(22)14-18/h2-9,14H,10-13,15H2,1H3,(H,23,26)(H,24,27). The lowest BCUT2D eigenvalue weighted by Crippen LogP contribution is -2.49. The van der Waals surface area contributed by atoms with E-state index in [9.17, 15) is 9.59 Å². The Kier molecular flexibility index (Phi) is 6.01. The number of carbonyl (C=O) groups excluding carboxylic acids is 2. The maximum absolute atomic E-state index is 12.7. The number of urea groups is 1. The summed E-state index contributed by atoms with van der Waals surface area (Å²) >= 11 is 5.95. The van der Waals surface area contributed by atoms with Crippen molar-refractivity contribution in [1.29, 1.82) is 0 Å². The molecule has 1 fully saturated rings. The molecular weight excluding hydrogens is 362 g/mol. The van der Waals surface area contributed by atoms with Crippen molar-refractivity contribution in [3.8, 4) is 0 Å². The number of amides is 3. The number of carbonyl (C=O) groups is 2.